The van der Waals surface area contributed by atoms with Crippen LogP contribution in [0.25, 0.3) is 0 Å². The summed E-state index contributed by atoms with van der Waals surface area (Å²) >= 11 is 5.91. The minimum absolute atomic E-state index is 0.177. The Morgan fingerprint density at radius 1 is 1.50 bits per heavy atom. The maximum absolute atomic E-state index is 14.0. The molecule has 1 heterocycles. The largest absolute Gasteiger partial charge is 0.368 e. The van der Waals surface area contributed by atoms with Crippen LogP contribution in [0.3, 0.4) is 0 Å². The second kappa shape index (κ2) is 5.89. The first-order valence-corrected chi connectivity index (χ1v) is 6.91. The highest BCUT2D eigenvalue weighted by Crippen LogP contribution is 2.28. The molecular weight excluding hydrogens is 251 g/mol. The van der Waals surface area contributed by atoms with Gasteiger partial charge in [0.1, 0.15) is 5.82 Å². The van der Waals surface area contributed by atoms with Gasteiger partial charge >= 0.3 is 0 Å². The van der Waals surface area contributed by atoms with E-state index in [4.69, 9.17) is 11.6 Å². The molecule has 0 N–H and O–H groups in total. The fourth-order valence-corrected chi connectivity index (χ4v) is 2.92. The number of hydrogen-bond acceptors (Lipinski definition) is 2. The normalized spacial score (nSPS) is 21.0. The van der Waals surface area contributed by atoms with Crippen LogP contribution >= 0.6 is 11.6 Å². The van der Waals surface area contributed by atoms with Gasteiger partial charge in [-0.1, -0.05) is 12.1 Å². The fourth-order valence-electron chi connectivity index (χ4n) is 2.70. The molecule has 1 aromatic rings. The number of hydrogen-bond donors (Lipinski definition) is 0. The van der Waals surface area contributed by atoms with Crippen LogP contribution in [0, 0.1) is 5.82 Å². The van der Waals surface area contributed by atoms with E-state index >= 15 is 0 Å². The zero-order chi connectivity index (χ0) is 13.1. The van der Waals surface area contributed by atoms with Gasteiger partial charge in [0.15, 0.2) is 0 Å². The minimum atomic E-state index is -0.177. The second-order valence-corrected chi connectivity index (χ2v) is 5.32. The Hall–Kier alpha value is -0.800. The third kappa shape index (κ3) is 2.78. The third-order valence-corrected chi connectivity index (χ3v) is 4.00. The topological polar surface area (TPSA) is 6.48 Å². The lowest BCUT2D eigenvalue weighted by molar-refractivity contribution is 0.247. The molecule has 2 rings (SSSR count). The molecule has 0 radical (unpaired) electrons. The summed E-state index contributed by atoms with van der Waals surface area (Å²) in [4.78, 5) is 4.36. The molecule has 1 atom stereocenters. The summed E-state index contributed by atoms with van der Waals surface area (Å²) in [6.07, 6.45) is 2.27. The SMILES string of the molecule is CN1CCCC(N(C)c2c(F)cccc2CCl)C1. The number of rotatable bonds is 3. The van der Waals surface area contributed by atoms with Crippen LogP contribution < -0.4 is 4.90 Å². The van der Waals surface area contributed by atoms with E-state index in [1.54, 1.807) is 6.07 Å². The van der Waals surface area contributed by atoms with Gasteiger partial charge in [-0.05, 0) is 38.1 Å². The number of piperidine rings is 1. The molecule has 0 saturated carbocycles. The van der Waals surface area contributed by atoms with Crippen molar-refractivity contribution in [1.82, 2.24) is 4.90 Å². The highest BCUT2D eigenvalue weighted by Gasteiger charge is 2.24. The van der Waals surface area contributed by atoms with Gasteiger partial charge in [0.05, 0.1) is 5.69 Å². The predicted molar refractivity (Wildman–Crippen MR) is 74.9 cm³/mol. The molecule has 18 heavy (non-hydrogen) atoms. The van der Waals surface area contributed by atoms with Crippen molar-refractivity contribution in [3.05, 3.63) is 29.6 Å². The van der Waals surface area contributed by atoms with Gasteiger partial charge in [0, 0.05) is 25.5 Å². The lowest BCUT2D eigenvalue weighted by Gasteiger charge is -2.38. The number of alkyl halides is 1. The highest BCUT2D eigenvalue weighted by atomic mass is 35.5. The van der Waals surface area contributed by atoms with Crippen LogP contribution in [-0.4, -0.2) is 38.1 Å². The molecule has 4 heteroatoms. The van der Waals surface area contributed by atoms with Crippen molar-refractivity contribution in [2.45, 2.75) is 24.8 Å². The van der Waals surface area contributed by atoms with Crippen molar-refractivity contribution < 1.29 is 4.39 Å². The van der Waals surface area contributed by atoms with Gasteiger partial charge in [0.25, 0.3) is 0 Å². The molecule has 2 nitrogen and oxygen atoms in total. The van der Waals surface area contributed by atoms with E-state index in [1.807, 2.05) is 13.1 Å². The zero-order valence-electron chi connectivity index (χ0n) is 11.0. The van der Waals surface area contributed by atoms with Gasteiger partial charge in [0.2, 0.25) is 0 Å². The van der Waals surface area contributed by atoms with Crippen LogP contribution in [0.15, 0.2) is 18.2 Å². The molecule has 0 spiro atoms. The van der Waals surface area contributed by atoms with Gasteiger partial charge in [-0.3, -0.25) is 0 Å². The standard InChI is InChI=1S/C14H20ClFN2/c1-17-8-4-6-12(10-17)18(2)14-11(9-15)5-3-7-13(14)16/h3,5,7,12H,4,6,8-10H2,1-2H3. The second-order valence-electron chi connectivity index (χ2n) is 5.05. The summed E-state index contributed by atoms with van der Waals surface area (Å²) in [7, 11) is 4.09. The first kappa shape index (κ1) is 13.6. The number of nitrogens with zero attached hydrogens (tertiary/aromatic N) is 2. The van der Waals surface area contributed by atoms with Gasteiger partial charge in [-0.2, -0.15) is 0 Å². The quantitative estimate of drug-likeness (QED) is 0.779. The molecule has 1 unspecified atom stereocenters. The number of anilines is 1. The predicted octanol–water partition coefficient (Wildman–Crippen LogP) is 3.09. The number of halogens is 2. The van der Waals surface area contributed by atoms with E-state index in [-0.39, 0.29) is 5.82 Å². The lowest BCUT2D eigenvalue weighted by atomic mass is 10.0. The van der Waals surface area contributed by atoms with E-state index in [9.17, 15) is 4.39 Å². The third-order valence-electron chi connectivity index (χ3n) is 3.71. The summed E-state index contributed by atoms with van der Waals surface area (Å²) in [6.45, 7) is 2.11. The van der Waals surface area contributed by atoms with Crippen molar-refractivity contribution in [3.8, 4) is 0 Å². The minimum Gasteiger partial charge on any atom is -0.368 e. The van der Waals surface area contributed by atoms with Gasteiger partial charge in [-0.15, -0.1) is 11.6 Å². The summed E-state index contributed by atoms with van der Waals surface area (Å²) in [5, 5.41) is 0. The monoisotopic (exact) mass is 270 g/mol. The molecule has 0 bridgehead atoms. The average molecular weight is 271 g/mol. The molecule has 0 amide bonds. The first-order valence-electron chi connectivity index (χ1n) is 6.38. The Morgan fingerprint density at radius 2 is 2.28 bits per heavy atom. The molecule has 1 aromatic carbocycles. The molecule has 1 aliphatic heterocycles. The van der Waals surface area contributed by atoms with Crippen LogP contribution in [-0.2, 0) is 5.88 Å². The number of benzene rings is 1. The summed E-state index contributed by atoms with van der Waals surface area (Å²) in [5.41, 5.74) is 1.53. The number of likely N-dealkylation sites (tertiary alicyclic amines) is 1. The summed E-state index contributed by atoms with van der Waals surface area (Å²) < 4.78 is 14.0. The van der Waals surface area contributed by atoms with E-state index < -0.39 is 0 Å². The zero-order valence-corrected chi connectivity index (χ0v) is 11.8. The number of para-hydroxylation sites is 1. The highest BCUT2D eigenvalue weighted by molar-refractivity contribution is 6.17. The van der Waals surface area contributed by atoms with E-state index in [0.29, 0.717) is 17.6 Å². The molecule has 100 valence electrons. The summed E-state index contributed by atoms with van der Waals surface area (Å²) in [5.74, 6) is 0.170. The maximum atomic E-state index is 14.0. The molecule has 1 fully saturated rings. The molecular formula is C14H20ClFN2. The molecule has 1 saturated heterocycles. The number of likely N-dealkylation sites (N-methyl/N-ethyl adjacent to an activating group) is 2. The molecule has 1 aliphatic rings. The van der Waals surface area contributed by atoms with Crippen LogP contribution in [0.1, 0.15) is 18.4 Å². The fraction of sp³-hybridized carbons (Fsp3) is 0.571. The molecule has 0 aliphatic carbocycles. The van der Waals surface area contributed by atoms with Gasteiger partial charge < -0.3 is 9.80 Å². The Balaban J connectivity index is 2.24. The summed E-state index contributed by atoms with van der Waals surface area (Å²) in [6, 6.07) is 5.49. The van der Waals surface area contributed by atoms with Crippen molar-refractivity contribution in [1.29, 1.82) is 0 Å². The lowest BCUT2D eigenvalue weighted by Crippen LogP contribution is -2.45. The average Bonchev–Trinajstić information content (AvgIpc) is 2.37. The Labute approximate surface area is 113 Å². The Kier molecular flexibility index (Phi) is 4.46. The van der Waals surface area contributed by atoms with Crippen LogP contribution in [0.2, 0.25) is 0 Å². The van der Waals surface area contributed by atoms with Crippen molar-refractivity contribution >= 4 is 17.3 Å². The van der Waals surface area contributed by atoms with E-state index in [0.717, 1.165) is 31.5 Å². The smallest absolute Gasteiger partial charge is 0.146 e. The van der Waals surface area contributed by atoms with Crippen molar-refractivity contribution in [2.24, 2.45) is 0 Å². The Morgan fingerprint density at radius 3 is 2.94 bits per heavy atom. The van der Waals surface area contributed by atoms with E-state index in [2.05, 4.69) is 16.8 Å². The van der Waals surface area contributed by atoms with Crippen LogP contribution in [0.4, 0.5) is 10.1 Å². The van der Waals surface area contributed by atoms with Crippen LogP contribution in [0.5, 0.6) is 0 Å². The molecule has 0 aromatic heterocycles. The first-order chi connectivity index (χ1) is 8.63. The maximum Gasteiger partial charge on any atom is 0.146 e. The Bertz CT molecular complexity index is 411. The van der Waals surface area contributed by atoms with Crippen molar-refractivity contribution in [2.75, 3.05) is 32.1 Å². The van der Waals surface area contributed by atoms with Crippen molar-refractivity contribution in [3.63, 3.8) is 0 Å². The van der Waals surface area contributed by atoms with E-state index in [1.165, 1.54) is 6.07 Å². The van der Waals surface area contributed by atoms with Gasteiger partial charge in [-0.25, -0.2) is 4.39 Å².